The molecule has 0 radical (unpaired) electrons. The van der Waals surface area contributed by atoms with Crippen LogP contribution in [0.4, 0.5) is 0 Å². The van der Waals surface area contributed by atoms with Crippen molar-refractivity contribution < 1.29 is 5.11 Å². The maximum absolute atomic E-state index is 9.67. The van der Waals surface area contributed by atoms with E-state index in [1.807, 2.05) is 0 Å². The van der Waals surface area contributed by atoms with Crippen LogP contribution in [-0.2, 0) is 0 Å². The van der Waals surface area contributed by atoms with Crippen LogP contribution in [0.5, 0.6) is 0 Å². The summed E-state index contributed by atoms with van der Waals surface area (Å²) in [5.41, 5.74) is 5.60. The molecule has 3 N–H and O–H groups in total. The summed E-state index contributed by atoms with van der Waals surface area (Å²) in [6, 6.07) is 1.86. The molecule has 3 unspecified atom stereocenters. The van der Waals surface area contributed by atoms with Crippen LogP contribution in [0.1, 0.15) is 39.0 Å². The second-order valence-electron chi connectivity index (χ2n) is 4.88. The van der Waals surface area contributed by atoms with E-state index in [1.165, 1.54) is 12.8 Å². The highest BCUT2D eigenvalue weighted by Gasteiger charge is 2.41. The minimum Gasteiger partial charge on any atom is -0.393 e. The largest absolute Gasteiger partial charge is 0.393 e. The van der Waals surface area contributed by atoms with Crippen molar-refractivity contribution in [1.29, 1.82) is 0 Å². The van der Waals surface area contributed by atoms with Crippen LogP contribution in [0.25, 0.3) is 0 Å². The molecule has 2 aliphatic heterocycles. The van der Waals surface area contributed by atoms with E-state index in [4.69, 9.17) is 5.73 Å². The first-order valence-corrected chi connectivity index (χ1v) is 5.88. The average molecular weight is 198 g/mol. The minimum atomic E-state index is -0.0474. The first kappa shape index (κ1) is 10.4. The predicted molar refractivity (Wildman–Crippen MR) is 57.0 cm³/mol. The van der Waals surface area contributed by atoms with Gasteiger partial charge in [0.1, 0.15) is 0 Å². The van der Waals surface area contributed by atoms with E-state index in [-0.39, 0.29) is 6.10 Å². The van der Waals surface area contributed by atoms with Gasteiger partial charge < -0.3 is 10.8 Å². The van der Waals surface area contributed by atoms with E-state index in [0.29, 0.717) is 18.1 Å². The molecule has 14 heavy (non-hydrogen) atoms. The summed E-state index contributed by atoms with van der Waals surface area (Å²) in [5.74, 6) is 0. The van der Waals surface area contributed by atoms with Crippen molar-refractivity contribution >= 4 is 0 Å². The smallest absolute Gasteiger partial charge is 0.0570 e. The molecule has 2 saturated heterocycles. The van der Waals surface area contributed by atoms with Gasteiger partial charge in [0.25, 0.3) is 0 Å². The highest BCUT2D eigenvalue weighted by atomic mass is 16.3. The lowest BCUT2D eigenvalue weighted by molar-refractivity contribution is 0.0132. The summed E-state index contributed by atoms with van der Waals surface area (Å²) < 4.78 is 0. The zero-order valence-corrected chi connectivity index (χ0v) is 9.02. The van der Waals surface area contributed by atoms with Gasteiger partial charge in [0.05, 0.1) is 6.10 Å². The topological polar surface area (TPSA) is 49.5 Å². The molecule has 3 nitrogen and oxygen atoms in total. The minimum absolute atomic E-state index is 0.0474. The highest BCUT2D eigenvalue weighted by Crippen LogP contribution is 2.37. The van der Waals surface area contributed by atoms with E-state index in [1.54, 1.807) is 0 Å². The van der Waals surface area contributed by atoms with Crippen LogP contribution in [0.3, 0.4) is 0 Å². The average Bonchev–Trinajstić information content (AvgIpc) is 2.39. The number of hydrogen-bond acceptors (Lipinski definition) is 3. The van der Waals surface area contributed by atoms with Crippen LogP contribution in [-0.4, -0.2) is 40.8 Å². The molecular weight excluding hydrogens is 176 g/mol. The lowest BCUT2D eigenvalue weighted by Gasteiger charge is -2.41. The molecule has 0 aliphatic carbocycles. The van der Waals surface area contributed by atoms with Crippen molar-refractivity contribution in [2.75, 3.05) is 6.54 Å². The molecule has 0 spiro atoms. The number of nitrogens with two attached hydrogens (primary N) is 1. The van der Waals surface area contributed by atoms with Gasteiger partial charge in [-0.05, 0) is 45.6 Å². The first-order chi connectivity index (χ1) is 6.72. The Morgan fingerprint density at radius 1 is 1.36 bits per heavy atom. The third-order valence-corrected chi connectivity index (χ3v) is 3.86. The van der Waals surface area contributed by atoms with Crippen LogP contribution in [0, 0.1) is 0 Å². The Morgan fingerprint density at radius 2 is 1.93 bits per heavy atom. The van der Waals surface area contributed by atoms with Crippen LogP contribution < -0.4 is 5.73 Å². The Kier molecular flexibility index (Phi) is 3.10. The Bertz CT molecular complexity index is 184. The molecule has 0 amide bonds. The third kappa shape index (κ3) is 1.81. The third-order valence-electron chi connectivity index (χ3n) is 3.86. The Hall–Kier alpha value is -0.120. The van der Waals surface area contributed by atoms with Crippen molar-refractivity contribution in [3.63, 3.8) is 0 Å². The van der Waals surface area contributed by atoms with Crippen LogP contribution >= 0.6 is 0 Å². The number of rotatable bonds is 3. The number of hydrogen-bond donors (Lipinski definition) is 2. The lowest BCUT2D eigenvalue weighted by Crippen LogP contribution is -2.49. The van der Waals surface area contributed by atoms with E-state index in [2.05, 4.69) is 11.8 Å². The summed E-state index contributed by atoms with van der Waals surface area (Å²) in [5, 5.41) is 9.67. The Balaban J connectivity index is 1.99. The van der Waals surface area contributed by atoms with Gasteiger partial charge >= 0.3 is 0 Å². The molecule has 0 aromatic heterocycles. The second-order valence-corrected chi connectivity index (χ2v) is 4.88. The van der Waals surface area contributed by atoms with Gasteiger partial charge in [0.15, 0.2) is 0 Å². The lowest BCUT2D eigenvalue weighted by atomic mass is 9.97. The first-order valence-electron chi connectivity index (χ1n) is 5.88. The quantitative estimate of drug-likeness (QED) is 0.702. The maximum Gasteiger partial charge on any atom is 0.0570 e. The summed E-state index contributed by atoms with van der Waals surface area (Å²) in [6.45, 7) is 3.05. The molecule has 2 aliphatic rings. The standard InChI is InChI=1S/C11H22N2O/c1-8(4-5-12)13-9-2-3-10(13)7-11(14)6-9/h8-11,14H,2-7,12H2,1H3. The predicted octanol–water partition coefficient (Wildman–Crippen LogP) is 0.711. The Morgan fingerprint density at radius 3 is 2.43 bits per heavy atom. The van der Waals surface area contributed by atoms with Gasteiger partial charge in [-0.25, -0.2) is 0 Å². The van der Waals surface area contributed by atoms with Gasteiger partial charge in [-0.3, -0.25) is 4.90 Å². The molecule has 2 heterocycles. The normalized spacial score (nSPS) is 40.1. The fourth-order valence-electron chi connectivity index (χ4n) is 3.29. The van der Waals surface area contributed by atoms with Gasteiger partial charge in [-0.15, -0.1) is 0 Å². The zero-order chi connectivity index (χ0) is 10.1. The summed E-state index contributed by atoms with van der Waals surface area (Å²) >= 11 is 0. The second kappa shape index (κ2) is 4.17. The van der Waals surface area contributed by atoms with Crippen molar-refractivity contribution in [2.24, 2.45) is 5.73 Å². The molecule has 82 valence electrons. The van der Waals surface area contributed by atoms with Gasteiger partial charge in [0, 0.05) is 18.1 Å². The Labute approximate surface area is 86.3 Å². The fraction of sp³-hybridized carbons (Fsp3) is 1.00. The maximum atomic E-state index is 9.67. The summed E-state index contributed by atoms with van der Waals surface area (Å²) in [6.07, 6.45) is 5.54. The molecular formula is C11H22N2O. The van der Waals surface area contributed by atoms with Gasteiger partial charge in [0.2, 0.25) is 0 Å². The molecule has 2 rings (SSSR count). The number of aliphatic hydroxyl groups is 1. The van der Waals surface area contributed by atoms with E-state index < -0.39 is 0 Å². The van der Waals surface area contributed by atoms with Gasteiger partial charge in [-0.1, -0.05) is 0 Å². The molecule has 3 atom stereocenters. The zero-order valence-electron chi connectivity index (χ0n) is 9.02. The molecule has 0 aromatic carbocycles. The van der Waals surface area contributed by atoms with E-state index >= 15 is 0 Å². The van der Waals surface area contributed by atoms with Crippen molar-refractivity contribution in [3.05, 3.63) is 0 Å². The van der Waals surface area contributed by atoms with E-state index in [0.717, 1.165) is 25.8 Å². The number of fused-ring (bicyclic) bond motifs is 2. The fourth-order valence-corrected chi connectivity index (χ4v) is 3.29. The molecule has 2 fully saturated rings. The summed E-state index contributed by atoms with van der Waals surface area (Å²) in [4.78, 5) is 2.61. The SMILES string of the molecule is CC(CCN)N1C2CCC1CC(O)C2. The van der Waals surface area contributed by atoms with Crippen molar-refractivity contribution in [2.45, 2.75) is 63.3 Å². The van der Waals surface area contributed by atoms with Crippen LogP contribution in [0.2, 0.25) is 0 Å². The monoisotopic (exact) mass is 198 g/mol. The molecule has 0 saturated carbocycles. The summed E-state index contributed by atoms with van der Waals surface area (Å²) in [7, 11) is 0. The molecule has 3 heteroatoms. The van der Waals surface area contributed by atoms with Crippen molar-refractivity contribution in [3.8, 4) is 0 Å². The van der Waals surface area contributed by atoms with Gasteiger partial charge in [-0.2, -0.15) is 0 Å². The van der Waals surface area contributed by atoms with E-state index in [9.17, 15) is 5.11 Å². The molecule has 0 aromatic rings. The number of aliphatic hydroxyl groups excluding tert-OH is 1. The highest BCUT2D eigenvalue weighted by molar-refractivity contribution is 4.97. The number of nitrogens with zero attached hydrogens (tertiary/aromatic N) is 1. The number of piperidine rings is 1. The molecule has 2 bridgehead atoms. The van der Waals surface area contributed by atoms with Crippen molar-refractivity contribution in [1.82, 2.24) is 4.90 Å². The van der Waals surface area contributed by atoms with Crippen LogP contribution in [0.15, 0.2) is 0 Å².